The third-order valence-corrected chi connectivity index (χ3v) is 6.96. The van der Waals surface area contributed by atoms with Crippen molar-refractivity contribution in [3.8, 4) is 5.75 Å². The second-order valence-corrected chi connectivity index (χ2v) is 8.68. The first-order valence-electron chi connectivity index (χ1n) is 10.3. The predicted molar refractivity (Wildman–Crippen MR) is 103 cm³/mol. The van der Waals surface area contributed by atoms with Gasteiger partial charge in [-0.25, -0.2) is 0 Å². The van der Waals surface area contributed by atoms with Crippen molar-refractivity contribution in [2.75, 3.05) is 33.3 Å². The molecule has 4 rings (SSSR count). The van der Waals surface area contributed by atoms with E-state index in [1.165, 1.54) is 18.4 Å². The summed E-state index contributed by atoms with van der Waals surface area (Å²) < 4.78 is 5.33. The molecule has 1 amide bonds. The van der Waals surface area contributed by atoms with Gasteiger partial charge in [0.05, 0.1) is 7.11 Å². The van der Waals surface area contributed by atoms with Crippen LogP contribution < -0.4 is 10.1 Å². The highest BCUT2D eigenvalue weighted by Crippen LogP contribution is 2.52. The molecule has 3 fully saturated rings. The maximum atomic E-state index is 12.8. The van der Waals surface area contributed by atoms with Crippen LogP contribution in [0.25, 0.3) is 0 Å². The van der Waals surface area contributed by atoms with E-state index in [-0.39, 0.29) is 0 Å². The normalized spacial score (nSPS) is 23.7. The highest BCUT2D eigenvalue weighted by Gasteiger charge is 2.48. The Morgan fingerprint density at radius 3 is 2.65 bits per heavy atom. The SMILES string of the molecule is COc1cccc(CC2CCN(C(=O)C3CC4(CCNCC4)C3)CC2)c1. The van der Waals surface area contributed by atoms with Crippen molar-refractivity contribution in [3.05, 3.63) is 29.8 Å². The van der Waals surface area contributed by atoms with Gasteiger partial charge in [0.2, 0.25) is 5.91 Å². The van der Waals surface area contributed by atoms with Crippen molar-refractivity contribution in [1.29, 1.82) is 0 Å². The second kappa shape index (κ2) is 7.59. The second-order valence-electron chi connectivity index (χ2n) is 8.68. The molecule has 142 valence electrons. The van der Waals surface area contributed by atoms with Crippen LogP contribution in [0.4, 0.5) is 0 Å². The molecule has 3 aliphatic rings. The minimum absolute atomic E-state index is 0.308. The first-order chi connectivity index (χ1) is 12.7. The van der Waals surface area contributed by atoms with Gasteiger partial charge >= 0.3 is 0 Å². The van der Waals surface area contributed by atoms with Crippen molar-refractivity contribution in [1.82, 2.24) is 10.2 Å². The number of amides is 1. The summed E-state index contributed by atoms with van der Waals surface area (Å²) in [5.74, 6) is 2.37. The number of nitrogens with one attached hydrogen (secondary N) is 1. The Morgan fingerprint density at radius 1 is 1.23 bits per heavy atom. The number of ether oxygens (including phenoxy) is 1. The zero-order chi connectivity index (χ0) is 18.0. The van der Waals surface area contributed by atoms with E-state index < -0.39 is 0 Å². The van der Waals surface area contributed by atoms with Crippen LogP contribution in [-0.4, -0.2) is 44.1 Å². The van der Waals surface area contributed by atoms with E-state index >= 15 is 0 Å². The zero-order valence-electron chi connectivity index (χ0n) is 16.0. The molecule has 26 heavy (non-hydrogen) atoms. The Bertz CT molecular complexity index is 623. The molecule has 4 heteroatoms. The maximum absolute atomic E-state index is 12.8. The van der Waals surface area contributed by atoms with E-state index in [4.69, 9.17) is 4.74 Å². The minimum atomic E-state index is 0.308. The Morgan fingerprint density at radius 2 is 1.96 bits per heavy atom. The van der Waals surface area contributed by atoms with Gasteiger partial charge in [0.15, 0.2) is 0 Å². The molecular formula is C22H32N2O2. The minimum Gasteiger partial charge on any atom is -0.497 e. The van der Waals surface area contributed by atoms with Crippen LogP contribution in [0.15, 0.2) is 24.3 Å². The first-order valence-corrected chi connectivity index (χ1v) is 10.3. The largest absolute Gasteiger partial charge is 0.497 e. The highest BCUT2D eigenvalue weighted by atomic mass is 16.5. The molecule has 1 aromatic rings. The first kappa shape index (κ1) is 17.8. The molecule has 1 aliphatic carbocycles. The van der Waals surface area contributed by atoms with Crippen LogP contribution >= 0.6 is 0 Å². The average Bonchev–Trinajstić information content (AvgIpc) is 2.67. The van der Waals surface area contributed by atoms with E-state index in [1.807, 2.05) is 6.07 Å². The third kappa shape index (κ3) is 3.75. The summed E-state index contributed by atoms with van der Waals surface area (Å²) in [5, 5.41) is 3.44. The summed E-state index contributed by atoms with van der Waals surface area (Å²) in [7, 11) is 1.72. The van der Waals surface area contributed by atoms with Crippen molar-refractivity contribution in [3.63, 3.8) is 0 Å². The van der Waals surface area contributed by atoms with Gasteiger partial charge in [0.25, 0.3) is 0 Å². The van der Waals surface area contributed by atoms with Gasteiger partial charge in [-0.3, -0.25) is 4.79 Å². The van der Waals surface area contributed by atoms with Crippen LogP contribution in [0, 0.1) is 17.3 Å². The average molecular weight is 357 g/mol. The molecule has 1 aromatic carbocycles. The fraction of sp³-hybridized carbons (Fsp3) is 0.682. The number of likely N-dealkylation sites (tertiary alicyclic amines) is 1. The lowest BCUT2D eigenvalue weighted by Crippen LogP contribution is -2.52. The fourth-order valence-electron chi connectivity index (χ4n) is 5.27. The fourth-order valence-corrected chi connectivity index (χ4v) is 5.27. The summed E-state index contributed by atoms with van der Waals surface area (Å²) in [6, 6.07) is 8.40. The number of hydrogen-bond donors (Lipinski definition) is 1. The molecule has 1 N–H and O–H groups in total. The number of carbonyl (C=O) groups is 1. The van der Waals surface area contributed by atoms with Crippen molar-refractivity contribution < 1.29 is 9.53 Å². The quantitative estimate of drug-likeness (QED) is 0.900. The van der Waals surface area contributed by atoms with E-state index in [2.05, 4.69) is 28.4 Å². The van der Waals surface area contributed by atoms with Gasteiger partial charge in [0.1, 0.15) is 5.75 Å². The molecule has 2 heterocycles. The number of rotatable bonds is 4. The molecule has 0 radical (unpaired) electrons. The standard InChI is InChI=1S/C22H32N2O2/c1-26-20-4-2-3-18(14-20)13-17-5-11-24(12-6-17)21(25)19-15-22(16-19)7-9-23-10-8-22/h2-4,14,17,19,23H,5-13,15-16H2,1H3. The van der Waals surface area contributed by atoms with E-state index in [0.29, 0.717) is 23.2 Å². The van der Waals surface area contributed by atoms with Gasteiger partial charge in [-0.2, -0.15) is 0 Å². The molecule has 1 spiro atoms. The predicted octanol–water partition coefficient (Wildman–Crippen LogP) is 3.26. The van der Waals surface area contributed by atoms with Gasteiger partial charge in [0, 0.05) is 19.0 Å². The number of benzene rings is 1. The molecule has 0 atom stereocenters. The molecule has 0 bridgehead atoms. The number of nitrogens with zero attached hydrogens (tertiary/aromatic N) is 1. The van der Waals surface area contributed by atoms with Crippen LogP contribution in [0.1, 0.15) is 44.1 Å². The lowest BCUT2D eigenvalue weighted by atomic mass is 9.57. The van der Waals surface area contributed by atoms with Gasteiger partial charge in [-0.05, 0) is 87.1 Å². The van der Waals surface area contributed by atoms with Crippen molar-refractivity contribution in [2.24, 2.45) is 17.3 Å². The Labute approximate surface area is 157 Å². The number of carbonyl (C=O) groups excluding carboxylic acids is 1. The number of piperidine rings is 2. The number of hydrogen-bond acceptors (Lipinski definition) is 3. The van der Waals surface area contributed by atoms with Crippen LogP contribution in [-0.2, 0) is 11.2 Å². The molecule has 4 nitrogen and oxygen atoms in total. The lowest BCUT2D eigenvalue weighted by molar-refractivity contribution is -0.146. The smallest absolute Gasteiger partial charge is 0.225 e. The summed E-state index contributed by atoms with van der Waals surface area (Å²) in [5.41, 5.74) is 1.84. The van der Waals surface area contributed by atoms with E-state index in [9.17, 15) is 4.79 Å². The van der Waals surface area contributed by atoms with E-state index in [0.717, 1.165) is 64.0 Å². The van der Waals surface area contributed by atoms with Gasteiger partial charge < -0.3 is 15.0 Å². The van der Waals surface area contributed by atoms with Gasteiger partial charge in [-0.15, -0.1) is 0 Å². The van der Waals surface area contributed by atoms with Crippen LogP contribution in [0.2, 0.25) is 0 Å². The number of methoxy groups -OCH3 is 1. The Kier molecular flexibility index (Phi) is 5.21. The summed E-state index contributed by atoms with van der Waals surface area (Å²) in [6.45, 7) is 4.16. The van der Waals surface area contributed by atoms with Gasteiger partial charge in [-0.1, -0.05) is 12.1 Å². The summed E-state index contributed by atoms with van der Waals surface area (Å²) >= 11 is 0. The molecule has 1 saturated carbocycles. The third-order valence-electron chi connectivity index (χ3n) is 6.96. The zero-order valence-corrected chi connectivity index (χ0v) is 16.0. The molecular weight excluding hydrogens is 324 g/mol. The van der Waals surface area contributed by atoms with E-state index in [1.54, 1.807) is 7.11 Å². The Hall–Kier alpha value is -1.55. The summed E-state index contributed by atoms with van der Waals surface area (Å²) in [4.78, 5) is 15.0. The lowest BCUT2D eigenvalue weighted by Gasteiger charge is -2.51. The Balaban J connectivity index is 1.24. The maximum Gasteiger partial charge on any atom is 0.225 e. The molecule has 0 unspecified atom stereocenters. The van der Waals surface area contributed by atoms with Crippen LogP contribution in [0.3, 0.4) is 0 Å². The molecule has 2 aliphatic heterocycles. The van der Waals surface area contributed by atoms with Crippen molar-refractivity contribution in [2.45, 2.75) is 44.9 Å². The monoisotopic (exact) mass is 356 g/mol. The van der Waals surface area contributed by atoms with Crippen LogP contribution in [0.5, 0.6) is 5.75 Å². The topological polar surface area (TPSA) is 41.6 Å². The molecule has 0 aromatic heterocycles. The summed E-state index contributed by atoms with van der Waals surface area (Å²) in [6.07, 6.45) is 8.15. The molecule has 2 saturated heterocycles. The van der Waals surface area contributed by atoms with Crippen molar-refractivity contribution >= 4 is 5.91 Å². The highest BCUT2D eigenvalue weighted by molar-refractivity contribution is 5.80.